The van der Waals surface area contributed by atoms with Crippen LogP contribution in [0.1, 0.15) is 45.5 Å². The zero-order valence-corrected chi connectivity index (χ0v) is 16.0. The molecule has 1 atom stereocenters. The van der Waals surface area contributed by atoms with Crippen molar-refractivity contribution in [1.82, 2.24) is 0 Å². The molecule has 1 heterocycles. The molecule has 1 aromatic carbocycles. The fourth-order valence-corrected chi connectivity index (χ4v) is 2.73. The van der Waals surface area contributed by atoms with Crippen LogP contribution in [0.4, 0.5) is 0 Å². The van der Waals surface area contributed by atoms with Gasteiger partial charge < -0.3 is 23.5 Å². The Bertz CT molecular complexity index is 590. The van der Waals surface area contributed by atoms with Crippen molar-refractivity contribution in [2.45, 2.75) is 51.1 Å². The number of hydrogen-bond acceptors (Lipinski definition) is 6. The average molecular weight is 350 g/mol. The second kappa shape index (κ2) is 7.26. The van der Waals surface area contributed by atoms with Gasteiger partial charge in [-0.1, -0.05) is 0 Å². The number of methoxy groups -OCH3 is 3. The van der Waals surface area contributed by atoms with Crippen LogP contribution in [0.15, 0.2) is 18.2 Å². The predicted octanol–water partition coefficient (Wildman–Crippen LogP) is 2.98. The maximum absolute atomic E-state index is 12.0. The van der Waals surface area contributed by atoms with Gasteiger partial charge in [0.05, 0.1) is 39.0 Å². The zero-order valence-electron chi connectivity index (χ0n) is 16.0. The van der Waals surface area contributed by atoms with Gasteiger partial charge in [-0.2, -0.15) is 0 Å². The molecular weight excluding hydrogens is 323 g/mol. The second-order valence-corrected chi connectivity index (χ2v) is 7.16. The molecule has 0 spiro atoms. The van der Waals surface area contributed by atoms with Gasteiger partial charge >= 0.3 is 13.1 Å². The fraction of sp³-hybridized carbons (Fsp3) is 0.611. The van der Waals surface area contributed by atoms with Gasteiger partial charge in [-0.05, 0) is 45.4 Å². The van der Waals surface area contributed by atoms with Crippen LogP contribution in [0.3, 0.4) is 0 Å². The van der Waals surface area contributed by atoms with Crippen molar-refractivity contribution in [1.29, 1.82) is 0 Å². The fourth-order valence-electron chi connectivity index (χ4n) is 2.73. The largest absolute Gasteiger partial charge is 0.497 e. The van der Waals surface area contributed by atoms with E-state index >= 15 is 0 Å². The third-order valence-corrected chi connectivity index (χ3v) is 5.02. The lowest BCUT2D eigenvalue weighted by atomic mass is 9.66. The van der Waals surface area contributed by atoms with Crippen LogP contribution in [0.2, 0.25) is 0 Å². The normalized spacial score (nSPS) is 19.4. The first-order valence-corrected chi connectivity index (χ1v) is 8.29. The number of esters is 1. The van der Waals surface area contributed by atoms with Crippen molar-refractivity contribution < 1.29 is 28.3 Å². The Kier molecular flexibility index (Phi) is 5.69. The Balaban J connectivity index is 2.42. The van der Waals surface area contributed by atoms with Crippen LogP contribution in [-0.4, -0.2) is 45.6 Å². The highest BCUT2D eigenvalue weighted by molar-refractivity contribution is 6.48. The van der Waals surface area contributed by atoms with Crippen molar-refractivity contribution >= 4 is 13.1 Å². The van der Waals surface area contributed by atoms with E-state index in [4.69, 9.17) is 23.5 Å². The molecule has 1 aliphatic rings. The topological polar surface area (TPSA) is 63.2 Å². The van der Waals surface area contributed by atoms with Gasteiger partial charge in [0, 0.05) is 11.9 Å². The number of carbonyl (C=O) groups is 1. The van der Waals surface area contributed by atoms with E-state index in [1.807, 2.05) is 39.8 Å². The van der Waals surface area contributed by atoms with E-state index in [0.717, 1.165) is 5.56 Å². The molecule has 1 fully saturated rings. The van der Waals surface area contributed by atoms with Crippen LogP contribution in [0.5, 0.6) is 11.5 Å². The number of rotatable bonds is 6. The second-order valence-electron chi connectivity index (χ2n) is 7.16. The molecule has 1 saturated heterocycles. The summed E-state index contributed by atoms with van der Waals surface area (Å²) in [7, 11) is 3.96. The number of ether oxygens (including phenoxy) is 3. The molecule has 0 aromatic heterocycles. The highest BCUT2D eigenvalue weighted by Gasteiger charge is 2.54. The summed E-state index contributed by atoms with van der Waals surface area (Å²) in [5.74, 6) is 0.598. The Morgan fingerprint density at radius 3 is 1.88 bits per heavy atom. The summed E-state index contributed by atoms with van der Waals surface area (Å²) in [4.78, 5) is 12.0. The summed E-state index contributed by atoms with van der Waals surface area (Å²) in [6.07, 6.45) is 0.129. The van der Waals surface area contributed by atoms with E-state index in [1.165, 1.54) is 7.11 Å². The highest BCUT2D eigenvalue weighted by atomic mass is 16.7. The number of benzene rings is 1. The molecule has 1 unspecified atom stereocenters. The molecule has 1 aromatic rings. The van der Waals surface area contributed by atoms with Gasteiger partial charge in [-0.3, -0.25) is 4.79 Å². The standard InChI is InChI=1S/C18H27BO6/c1-17(2)18(3,4)25-19(24-17)15(11-16(20)23-7)12-8-13(21-5)10-14(9-12)22-6/h8-10,15H,11H2,1-7H3. The lowest BCUT2D eigenvalue weighted by Gasteiger charge is -2.32. The third kappa shape index (κ3) is 4.10. The van der Waals surface area contributed by atoms with Gasteiger partial charge in [0.2, 0.25) is 0 Å². The van der Waals surface area contributed by atoms with Gasteiger partial charge in [0.15, 0.2) is 0 Å². The molecule has 0 amide bonds. The lowest BCUT2D eigenvalue weighted by Crippen LogP contribution is -2.41. The van der Waals surface area contributed by atoms with E-state index < -0.39 is 18.3 Å². The molecule has 25 heavy (non-hydrogen) atoms. The first-order valence-electron chi connectivity index (χ1n) is 8.29. The number of carbonyl (C=O) groups excluding carboxylic acids is 1. The summed E-state index contributed by atoms with van der Waals surface area (Å²) in [6, 6.07) is 5.51. The van der Waals surface area contributed by atoms with Crippen molar-refractivity contribution in [2.24, 2.45) is 0 Å². The summed E-state index contributed by atoms with van der Waals surface area (Å²) in [5, 5.41) is 0. The molecule has 1 aliphatic heterocycles. The minimum absolute atomic E-state index is 0.129. The summed E-state index contributed by atoms with van der Waals surface area (Å²) >= 11 is 0. The molecule has 6 nitrogen and oxygen atoms in total. The van der Waals surface area contributed by atoms with Crippen LogP contribution in [-0.2, 0) is 18.8 Å². The molecule has 0 saturated carbocycles. The van der Waals surface area contributed by atoms with Crippen LogP contribution in [0.25, 0.3) is 0 Å². The van der Waals surface area contributed by atoms with Crippen molar-refractivity contribution in [2.75, 3.05) is 21.3 Å². The summed E-state index contributed by atoms with van der Waals surface area (Å²) < 4.78 is 27.9. The molecule has 0 bridgehead atoms. The average Bonchev–Trinajstić information content (AvgIpc) is 2.79. The van der Waals surface area contributed by atoms with E-state index in [1.54, 1.807) is 20.3 Å². The summed E-state index contributed by atoms with van der Waals surface area (Å²) in [6.45, 7) is 7.92. The summed E-state index contributed by atoms with van der Waals surface area (Å²) in [5.41, 5.74) is -0.149. The Hall–Kier alpha value is -1.73. The lowest BCUT2D eigenvalue weighted by molar-refractivity contribution is -0.140. The van der Waals surface area contributed by atoms with E-state index in [0.29, 0.717) is 11.5 Å². The molecule has 0 aliphatic carbocycles. The van der Waals surface area contributed by atoms with Gasteiger partial charge in [0.1, 0.15) is 11.5 Å². The SMILES string of the molecule is COC(=O)CC(B1OC(C)(C)C(C)(C)O1)c1cc(OC)cc(OC)c1. The van der Waals surface area contributed by atoms with Crippen LogP contribution >= 0.6 is 0 Å². The molecular formula is C18H27BO6. The zero-order chi connectivity index (χ0) is 18.8. The quantitative estimate of drug-likeness (QED) is 0.581. The molecule has 0 radical (unpaired) electrons. The first-order chi connectivity index (χ1) is 11.6. The van der Waals surface area contributed by atoms with Gasteiger partial charge in [0.25, 0.3) is 0 Å². The maximum atomic E-state index is 12.0. The minimum atomic E-state index is -0.582. The van der Waals surface area contributed by atoms with Crippen molar-refractivity contribution in [3.05, 3.63) is 23.8 Å². The monoisotopic (exact) mass is 350 g/mol. The Labute approximate surface area is 149 Å². The molecule has 138 valence electrons. The minimum Gasteiger partial charge on any atom is -0.497 e. The first kappa shape index (κ1) is 19.6. The Morgan fingerprint density at radius 1 is 1.00 bits per heavy atom. The van der Waals surface area contributed by atoms with Crippen molar-refractivity contribution in [3.63, 3.8) is 0 Å². The van der Waals surface area contributed by atoms with Crippen molar-refractivity contribution in [3.8, 4) is 11.5 Å². The van der Waals surface area contributed by atoms with E-state index in [9.17, 15) is 4.79 Å². The van der Waals surface area contributed by atoms with Crippen LogP contribution < -0.4 is 9.47 Å². The van der Waals surface area contributed by atoms with Gasteiger partial charge in [-0.15, -0.1) is 0 Å². The molecule has 7 heteroatoms. The maximum Gasteiger partial charge on any atom is 0.466 e. The molecule has 2 rings (SSSR count). The van der Waals surface area contributed by atoms with E-state index in [-0.39, 0.29) is 18.2 Å². The predicted molar refractivity (Wildman–Crippen MR) is 95.0 cm³/mol. The van der Waals surface area contributed by atoms with Gasteiger partial charge in [-0.25, -0.2) is 0 Å². The number of hydrogen-bond donors (Lipinski definition) is 0. The molecule has 0 N–H and O–H groups in total. The van der Waals surface area contributed by atoms with E-state index in [2.05, 4.69) is 0 Å². The smallest absolute Gasteiger partial charge is 0.466 e. The Morgan fingerprint density at radius 2 is 1.48 bits per heavy atom. The highest BCUT2D eigenvalue weighted by Crippen LogP contribution is 2.42. The van der Waals surface area contributed by atoms with Crippen LogP contribution in [0, 0.1) is 0 Å². The third-order valence-electron chi connectivity index (χ3n) is 5.02.